The molecule has 127 heavy (non-hydrogen) atoms. The fourth-order valence-corrected chi connectivity index (χ4v) is 15.7. The molecule has 12 aromatic rings. The molecule has 1 unspecified atom stereocenters. The van der Waals surface area contributed by atoms with Crippen molar-refractivity contribution in [3.05, 3.63) is 191 Å². The molecule has 17 rings (SSSR count). The summed E-state index contributed by atoms with van der Waals surface area (Å²) in [6.45, 7) is 23.7. The first-order chi connectivity index (χ1) is 61.0. The van der Waals surface area contributed by atoms with Crippen molar-refractivity contribution >= 4 is 120 Å². The van der Waals surface area contributed by atoms with Crippen molar-refractivity contribution in [3.8, 4) is 24.3 Å². The zero-order chi connectivity index (χ0) is 90.5. The van der Waals surface area contributed by atoms with Gasteiger partial charge in [-0.1, -0.05) is 77.1 Å². The summed E-state index contributed by atoms with van der Waals surface area (Å²) in [5.74, 6) is 1.89. The number of fused-ring (bicyclic) bond motifs is 5. The summed E-state index contributed by atoms with van der Waals surface area (Å²) in [5, 5.41) is 72.4. The smallest absolute Gasteiger partial charge is 0.243 e. The Kier molecular flexibility index (Phi) is 28.8. The van der Waals surface area contributed by atoms with Crippen molar-refractivity contribution in [1.82, 2.24) is 62.5 Å². The minimum Gasteiger partial charge on any atom is -0.388 e. The van der Waals surface area contributed by atoms with Gasteiger partial charge in [0.1, 0.15) is 0 Å². The minimum atomic E-state index is -1.33. The van der Waals surface area contributed by atoms with Gasteiger partial charge in [0.05, 0.1) is 139 Å². The molecule has 6 aromatic carbocycles. The lowest BCUT2D eigenvalue weighted by molar-refractivity contribution is -0.122. The average molecular weight is 1710 g/mol. The highest BCUT2D eigenvalue weighted by Crippen LogP contribution is 2.44. The molecule has 0 spiro atoms. The van der Waals surface area contributed by atoms with E-state index in [0.29, 0.717) is 93.4 Å². The Morgan fingerprint density at radius 1 is 0.488 bits per heavy atom. The van der Waals surface area contributed by atoms with Crippen LogP contribution in [0.4, 0.5) is 35.4 Å². The number of imidazole rings is 5. The number of nitrogens with one attached hydrogen (secondary N) is 5. The summed E-state index contributed by atoms with van der Waals surface area (Å²) in [7, 11) is 5.86. The van der Waals surface area contributed by atoms with E-state index in [1.807, 2.05) is 135 Å². The summed E-state index contributed by atoms with van der Waals surface area (Å²) < 4.78 is 10.3. The van der Waals surface area contributed by atoms with Gasteiger partial charge >= 0.3 is 0 Å². The molecule has 5 aliphatic carbocycles. The zero-order valence-corrected chi connectivity index (χ0v) is 74.0. The Bertz CT molecular complexity index is 6240. The molecular weight excluding hydrogens is 1600 g/mol. The van der Waals surface area contributed by atoms with Crippen LogP contribution in [0.1, 0.15) is 241 Å². The molecular formula is C97H111N23O7. The van der Waals surface area contributed by atoms with Crippen LogP contribution >= 0.6 is 0 Å². The average Bonchev–Trinajstić information content (AvgIpc) is 1.65. The van der Waals surface area contributed by atoms with E-state index in [4.69, 9.17) is 22.4 Å². The number of nitriles is 4. The second kappa shape index (κ2) is 40.2. The molecule has 5 aliphatic rings. The zero-order valence-electron chi connectivity index (χ0n) is 74.0. The highest BCUT2D eigenvalue weighted by atomic mass is 16.3. The third-order valence-electron chi connectivity index (χ3n) is 25.4. The van der Waals surface area contributed by atoms with Gasteiger partial charge in [0.25, 0.3) is 0 Å². The standard InChI is InChI=1S/C21H21N5O2.C21H20N4O2.C19H24N4O.2C18H23N5O/c1-21(28,14-5-4-10-23-13-14)12-19(27)25-20-24-17-9-8-15(22-2)11-18(17)26(20)16-6-3-7-16;22-13-14-9-10-17-18(11-14)25(16-7-4-8-16)21(23-17)24-20(27)12-19(26)15-5-2-1-3-6-15;1-12(19(2,3)4)17(24)22-18-21-15-9-8-13(11-20)10-16(15)23(18)14-6-5-7-14;1-12(22(2)3)9-17(24)21-18-20-15-8-7-13(11-19)10-16(15)23(18)14-5-4-6-14;1-4-22(3)12(2)17(24)21-18-20-15-9-8-13(11-19)10-16(15)23(18)14-6-5-7-14/h4-5,8-11,13,16,28H,3,6-7,12H2,1H3,(H,24,25,27);1-3,5-6,9-11,16,19,26H,4,7-8,12H2,(H,23,24,27);8-10,12,14H,5-7H2,1-4H3,(H,21,22,24);7-8,10,12,14H,4-6,9H2,1-3H3,(H,20,21,24);8-10,12,14H,4-7H2,1-3H3,(H,20,21,24)/t21-;19-;12-;;12-/m011.1/s1. The van der Waals surface area contributed by atoms with Crippen molar-refractivity contribution in [2.24, 2.45) is 11.3 Å². The van der Waals surface area contributed by atoms with Gasteiger partial charge in [-0.15, -0.1) is 0 Å². The lowest BCUT2D eigenvalue weighted by Gasteiger charge is -2.30. The first-order valence-electron chi connectivity index (χ1n) is 43.8. The van der Waals surface area contributed by atoms with Crippen molar-refractivity contribution in [3.63, 3.8) is 0 Å². The number of amides is 5. The maximum Gasteiger partial charge on any atom is 0.243 e. The summed E-state index contributed by atoms with van der Waals surface area (Å²) in [4.78, 5) is 97.2. The first-order valence-corrected chi connectivity index (χ1v) is 43.8. The Labute approximate surface area is 739 Å². The first kappa shape index (κ1) is 91.2. The molecule has 6 aromatic heterocycles. The Morgan fingerprint density at radius 2 is 0.843 bits per heavy atom. The minimum absolute atomic E-state index is 0.0149. The normalized spacial score (nSPS) is 15.9. The second-order valence-corrected chi connectivity index (χ2v) is 35.3. The van der Waals surface area contributed by atoms with Crippen LogP contribution in [0.15, 0.2) is 146 Å². The Hall–Kier alpha value is -13.5. The van der Waals surface area contributed by atoms with E-state index in [2.05, 4.69) is 120 Å². The molecule has 5 saturated carbocycles. The molecule has 0 bridgehead atoms. The van der Waals surface area contributed by atoms with Gasteiger partial charge in [-0.2, -0.15) is 21.0 Å². The Morgan fingerprint density at radius 3 is 1.17 bits per heavy atom. The number of aliphatic hydroxyl groups is 2. The maximum absolute atomic E-state index is 12.7. The van der Waals surface area contributed by atoms with Crippen LogP contribution < -0.4 is 26.6 Å². The third-order valence-corrected chi connectivity index (χ3v) is 25.4. The highest BCUT2D eigenvalue weighted by molar-refractivity contribution is 5.97. The number of aliphatic hydroxyl groups excluding tert-OH is 1. The van der Waals surface area contributed by atoms with E-state index >= 15 is 0 Å². The highest BCUT2D eigenvalue weighted by Gasteiger charge is 2.35. The predicted octanol–water partition coefficient (Wildman–Crippen LogP) is 17.7. The van der Waals surface area contributed by atoms with Crippen LogP contribution in [0, 0.1) is 63.2 Å². The molecule has 30 heteroatoms. The number of rotatable bonds is 23. The number of pyridine rings is 1. The van der Waals surface area contributed by atoms with E-state index < -0.39 is 11.7 Å². The van der Waals surface area contributed by atoms with Crippen molar-refractivity contribution in [1.29, 1.82) is 21.0 Å². The number of hydrogen-bond acceptors (Lipinski definition) is 19. The molecule has 30 nitrogen and oxygen atoms in total. The van der Waals surface area contributed by atoms with E-state index in [0.717, 1.165) is 139 Å². The molecule has 0 radical (unpaired) electrons. The van der Waals surface area contributed by atoms with E-state index in [1.165, 1.54) is 19.3 Å². The molecule has 5 amide bonds. The number of nitrogens with zero attached hydrogens (tertiary/aromatic N) is 18. The molecule has 656 valence electrons. The van der Waals surface area contributed by atoms with Crippen LogP contribution in [-0.4, -0.2) is 142 Å². The van der Waals surface area contributed by atoms with Gasteiger partial charge in [0.15, 0.2) is 5.69 Å². The lowest BCUT2D eigenvalue weighted by Crippen LogP contribution is -2.40. The van der Waals surface area contributed by atoms with Crippen molar-refractivity contribution in [2.75, 3.05) is 54.3 Å². The SMILES string of the molecule is CC(CC(=O)Nc1nc2ccc(C#N)cc2n1C1CCC1)N(C)C.CCN(C)[C@H](C)C(=O)Nc1nc2ccc(C#N)cc2n1C1CCC1.C[C@H](C(=O)Nc1nc2ccc(C#N)cc2n1C1CCC1)C(C)(C)C.N#Cc1ccc2nc(NC(=O)C[C@@H](O)c3ccccc3)n(C3CCC3)c2c1.[C-]#[N+]c1ccc2nc(NC(=O)C[C@](C)(O)c3cccnc3)n(C3CCC3)c2c1. The summed E-state index contributed by atoms with van der Waals surface area (Å²) in [6.07, 6.45) is 19.0. The third kappa shape index (κ3) is 21.2. The number of benzene rings is 6. The topological polar surface area (TPSA) is 394 Å². The largest absolute Gasteiger partial charge is 0.388 e. The number of carbonyl (C=O) groups is 5. The summed E-state index contributed by atoms with van der Waals surface area (Å²) >= 11 is 0. The van der Waals surface area contributed by atoms with Crippen molar-refractivity contribution < 1.29 is 34.2 Å². The Balaban J connectivity index is 0.000000136. The van der Waals surface area contributed by atoms with Crippen LogP contribution in [0.3, 0.4) is 0 Å². The van der Waals surface area contributed by atoms with Gasteiger partial charge in [-0.25, -0.2) is 29.8 Å². The van der Waals surface area contributed by atoms with Crippen LogP contribution in [0.2, 0.25) is 0 Å². The molecule has 5 fully saturated rings. The number of anilines is 5. The van der Waals surface area contributed by atoms with E-state index in [1.54, 1.807) is 86.0 Å². The number of carbonyl (C=O) groups excluding carboxylic acids is 5. The van der Waals surface area contributed by atoms with Gasteiger partial charge < -0.3 is 37.9 Å². The fraction of sp³-hybridized carbons (Fsp3) is 0.423. The monoisotopic (exact) mass is 1710 g/mol. The van der Waals surface area contributed by atoms with Crippen molar-refractivity contribution in [2.45, 2.75) is 225 Å². The number of hydrogen-bond donors (Lipinski definition) is 7. The fourth-order valence-electron chi connectivity index (χ4n) is 15.7. The molecule has 5 atom stereocenters. The number of likely N-dealkylation sites (N-methyl/N-ethyl adjacent to an activating group) is 1. The van der Waals surface area contributed by atoms with Crippen LogP contribution in [0.5, 0.6) is 0 Å². The van der Waals surface area contributed by atoms with E-state index in [9.17, 15) is 39.4 Å². The maximum atomic E-state index is 12.7. The van der Waals surface area contributed by atoms with Gasteiger partial charge in [-0.3, -0.25) is 60.4 Å². The van der Waals surface area contributed by atoms with Gasteiger partial charge in [0.2, 0.25) is 59.3 Å². The molecule has 6 heterocycles. The summed E-state index contributed by atoms with van der Waals surface area (Å²) in [5.41, 5.74) is 11.2. The molecule has 0 aliphatic heterocycles. The van der Waals surface area contributed by atoms with Crippen LogP contribution in [0.25, 0.3) is 60.0 Å². The van der Waals surface area contributed by atoms with E-state index in [-0.39, 0.29) is 77.9 Å². The second-order valence-electron chi connectivity index (χ2n) is 35.3. The summed E-state index contributed by atoms with van der Waals surface area (Å²) in [6, 6.07) is 49.9. The van der Waals surface area contributed by atoms with Gasteiger partial charge in [-0.05, 0) is 247 Å². The predicted molar refractivity (Wildman–Crippen MR) is 490 cm³/mol. The molecule has 0 saturated heterocycles. The quantitative estimate of drug-likeness (QED) is 0.0292. The van der Waals surface area contributed by atoms with Crippen LogP contribution in [-0.2, 0) is 29.6 Å². The molecule has 7 N–H and O–H groups in total. The lowest BCUT2D eigenvalue weighted by atomic mass is 9.81. The number of aromatic nitrogens is 11. The van der Waals surface area contributed by atoms with Gasteiger partial charge in [0, 0.05) is 66.5 Å².